The zero-order valence-electron chi connectivity index (χ0n) is 11.2. The molecule has 3 heteroatoms. The molecule has 0 amide bonds. The van der Waals surface area contributed by atoms with E-state index < -0.39 is 0 Å². The van der Waals surface area contributed by atoms with Gasteiger partial charge in [-0.3, -0.25) is 4.79 Å². The minimum atomic E-state index is 0.189. The van der Waals surface area contributed by atoms with Crippen LogP contribution in [0.5, 0.6) is 0 Å². The summed E-state index contributed by atoms with van der Waals surface area (Å²) in [4.78, 5) is 12.0. The lowest BCUT2D eigenvalue weighted by Crippen LogP contribution is -2.15. The van der Waals surface area contributed by atoms with Crippen molar-refractivity contribution in [1.29, 1.82) is 0 Å². The van der Waals surface area contributed by atoms with Crippen molar-refractivity contribution in [3.63, 3.8) is 0 Å². The van der Waals surface area contributed by atoms with Crippen molar-refractivity contribution in [2.45, 2.75) is 33.1 Å². The third-order valence-corrected chi connectivity index (χ3v) is 3.64. The standard InChI is InChI=1S/C15H22ClNO/c1-11(2)12(9-10-17)5-8-15(18)13-3-6-14(16)7-4-13/h3-4,6-7,11-12H,5,8-10,17H2,1-2H3. The molecule has 0 heterocycles. The minimum absolute atomic E-state index is 0.189. The molecular weight excluding hydrogens is 246 g/mol. The van der Waals surface area contributed by atoms with Crippen molar-refractivity contribution in [3.8, 4) is 0 Å². The molecule has 1 unspecified atom stereocenters. The van der Waals surface area contributed by atoms with Crippen molar-refractivity contribution in [2.75, 3.05) is 6.54 Å². The molecule has 1 rings (SSSR count). The Morgan fingerprint density at radius 3 is 2.33 bits per heavy atom. The van der Waals surface area contributed by atoms with Crippen LogP contribution in [0.4, 0.5) is 0 Å². The van der Waals surface area contributed by atoms with Crippen molar-refractivity contribution < 1.29 is 4.79 Å². The highest BCUT2D eigenvalue weighted by atomic mass is 35.5. The summed E-state index contributed by atoms with van der Waals surface area (Å²) >= 11 is 5.80. The maximum absolute atomic E-state index is 12.0. The van der Waals surface area contributed by atoms with Gasteiger partial charge in [0.05, 0.1) is 0 Å². The second-order valence-corrected chi connectivity index (χ2v) is 5.49. The van der Waals surface area contributed by atoms with Crippen molar-refractivity contribution >= 4 is 17.4 Å². The average molecular weight is 268 g/mol. The van der Waals surface area contributed by atoms with Crippen molar-refractivity contribution in [2.24, 2.45) is 17.6 Å². The first-order valence-electron chi connectivity index (χ1n) is 6.53. The predicted molar refractivity (Wildman–Crippen MR) is 77.0 cm³/mol. The molecule has 18 heavy (non-hydrogen) atoms. The van der Waals surface area contributed by atoms with Crippen LogP contribution < -0.4 is 5.73 Å². The van der Waals surface area contributed by atoms with Crippen LogP contribution in [0.3, 0.4) is 0 Å². The molecule has 0 aliphatic carbocycles. The van der Waals surface area contributed by atoms with Gasteiger partial charge in [-0.05, 0) is 55.5 Å². The second kappa shape index (κ2) is 7.55. The molecule has 1 aromatic carbocycles. The number of halogens is 1. The van der Waals surface area contributed by atoms with Crippen LogP contribution in [-0.4, -0.2) is 12.3 Å². The molecule has 0 saturated carbocycles. The summed E-state index contributed by atoms with van der Waals surface area (Å²) in [6.45, 7) is 5.07. The van der Waals surface area contributed by atoms with Crippen LogP contribution in [0.15, 0.2) is 24.3 Å². The Morgan fingerprint density at radius 1 is 1.22 bits per heavy atom. The third-order valence-electron chi connectivity index (χ3n) is 3.39. The third kappa shape index (κ3) is 4.79. The van der Waals surface area contributed by atoms with E-state index >= 15 is 0 Å². The topological polar surface area (TPSA) is 43.1 Å². The summed E-state index contributed by atoms with van der Waals surface area (Å²) < 4.78 is 0. The number of carbonyl (C=O) groups is 1. The van der Waals surface area contributed by atoms with E-state index in [9.17, 15) is 4.79 Å². The number of hydrogen-bond acceptors (Lipinski definition) is 2. The molecule has 2 nitrogen and oxygen atoms in total. The molecule has 0 fully saturated rings. The van der Waals surface area contributed by atoms with Crippen molar-refractivity contribution in [3.05, 3.63) is 34.9 Å². The zero-order chi connectivity index (χ0) is 13.5. The lowest BCUT2D eigenvalue weighted by Gasteiger charge is -2.19. The van der Waals surface area contributed by atoms with Gasteiger partial charge in [-0.1, -0.05) is 25.4 Å². The molecule has 0 spiro atoms. The fourth-order valence-corrected chi connectivity index (χ4v) is 2.25. The number of benzene rings is 1. The number of hydrogen-bond donors (Lipinski definition) is 1. The molecule has 0 radical (unpaired) electrons. The SMILES string of the molecule is CC(C)C(CCN)CCC(=O)c1ccc(Cl)cc1. The molecule has 0 aromatic heterocycles. The molecule has 0 aliphatic heterocycles. The zero-order valence-corrected chi connectivity index (χ0v) is 11.9. The second-order valence-electron chi connectivity index (χ2n) is 5.05. The quantitative estimate of drug-likeness (QED) is 0.761. The smallest absolute Gasteiger partial charge is 0.162 e. The Hall–Kier alpha value is -0.860. The van der Waals surface area contributed by atoms with Crippen LogP contribution in [0.1, 0.15) is 43.5 Å². The molecule has 0 bridgehead atoms. The summed E-state index contributed by atoms with van der Waals surface area (Å²) in [6, 6.07) is 7.10. The van der Waals surface area contributed by atoms with Crippen molar-refractivity contribution in [1.82, 2.24) is 0 Å². The monoisotopic (exact) mass is 267 g/mol. The van der Waals surface area contributed by atoms with Gasteiger partial charge >= 0.3 is 0 Å². The Balaban J connectivity index is 2.51. The van der Waals surface area contributed by atoms with Crippen LogP contribution in [0.2, 0.25) is 5.02 Å². The highest BCUT2D eigenvalue weighted by Crippen LogP contribution is 2.22. The van der Waals surface area contributed by atoms with Gasteiger partial charge < -0.3 is 5.73 Å². The summed E-state index contributed by atoms with van der Waals surface area (Å²) in [5, 5.41) is 0.662. The van der Waals surface area contributed by atoms with E-state index in [1.807, 2.05) is 0 Å². The average Bonchev–Trinajstić information content (AvgIpc) is 2.34. The highest BCUT2D eigenvalue weighted by Gasteiger charge is 2.15. The van der Waals surface area contributed by atoms with Gasteiger partial charge in [0.2, 0.25) is 0 Å². The first kappa shape index (κ1) is 15.2. The van der Waals surface area contributed by atoms with Gasteiger partial charge in [-0.25, -0.2) is 0 Å². The number of ketones is 1. The Morgan fingerprint density at radius 2 is 1.83 bits per heavy atom. The van der Waals surface area contributed by atoms with Crippen LogP contribution in [-0.2, 0) is 0 Å². The molecule has 0 aliphatic rings. The lowest BCUT2D eigenvalue weighted by atomic mass is 9.87. The molecule has 100 valence electrons. The Labute approximate surface area is 115 Å². The largest absolute Gasteiger partial charge is 0.330 e. The van der Waals surface area contributed by atoms with E-state index in [1.54, 1.807) is 24.3 Å². The molecule has 2 N–H and O–H groups in total. The van der Waals surface area contributed by atoms with E-state index in [-0.39, 0.29) is 5.78 Å². The van der Waals surface area contributed by atoms with Gasteiger partial charge in [0.1, 0.15) is 0 Å². The van der Waals surface area contributed by atoms with Crippen LogP contribution >= 0.6 is 11.6 Å². The summed E-state index contributed by atoms with van der Waals surface area (Å²) in [5.41, 5.74) is 6.35. The highest BCUT2D eigenvalue weighted by molar-refractivity contribution is 6.30. The fourth-order valence-electron chi connectivity index (χ4n) is 2.12. The number of rotatable bonds is 7. The van der Waals surface area contributed by atoms with Gasteiger partial charge in [0, 0.05) is 17.0 Å². The first-order valence-corrected chi connectivity index (χ1v) is 6.91. The number of Topliss-reactive ketones (excluding diaryl/α,β-unsaturated/α-hetero) is 1. The molecule has 0 saturated heterocycles. The van der Waals surface area contributed by atoms with E-state index in [0.717, 1.165) is 18.4 Å². The summed E-state index contributed by atoms with van der Waals surface area (Å²) in [7, 11) is 0. The lowest BCUT2D eigenvalue weighted by molar-refractivity contribution is 0.0969. The number of carbonyl (C=O) groups excluding carboxylic acids is 1. The van der Waals surface area contributed by atoms with Gasteiger partial charge in [0.15, 0.2) is 5.78 Å². The predicted octanol–water partition coefficient (Wildman–Crippen LogP) is 3.92. The van der Waals surface area contributed by atoms with Gasteiger partial charge in [-0.15, -0.1) is 0 Å². The van der Waals surface area contributed by atoms with Crippen LogP contribution in [0.25, 0.3) is 0 Å². The Bertz CT molecular complexity index is 373. The maximum atomic E-state index is 12.0. The Kier molecular flexibility index (Phi) is 6.37. The maximum Gasteiger partial charge on any atom is 0.162 e. The molecular formula is C15H22ClNO. The number of nitrogens with two attached hydrogens (primary N) is 1. The molecule has 1 atom stereocenters. The first-order chi connectivity index (χ1) is 8.54. The summed E-state index contributed by atoms with van der Waals surface area (Å²) in [6.07, 6.45) is 2.49. The van der Waals surface area contributed by atoms with E-state index in [1.165, 1.54) is 0 Å². The summed E-state index contributed by atoms with van der Waals surface area (Å²) in [5.74, 6) is 1.30. The van der Waals surface area contributed by atoms with E-state index in [0.29, 0.717) is 29.8 Å². The van der Waals surface area contributed by atoms with E-state index in [2.05, 4.69) is 13.8 Å². The van der Waals surface area contributed by atoms with E-state index in [4.69, 9.17) is 17.3 Å². The molecule has 1 aromatic rings. The van der Waals surface area contributed by atoms with Gasteiger partial charge in [-0.2, -0.15) is 0 Å². The minimum Gasteiger partial charge on any atom is -0.330 e. The fraction of sp³-hybridized carbons (Fsp3) is 0.533. The normalized spacial score (nSPS) is 12.7. The van der Waals surface area contributed by atoms with Crippen LogP contribution in [0, 0.1) is 11.8 Å². The van der Waals surface area contributed by atoms with Gasteiger partial charge in [0.25, 0.3) is 0 Å².